The van der Waals surface area contributed by atoms with Crippen LogP contribution in [0.5, 0.6) is 11.5 Å². The zero-order valence-electron chi connectivity index (χ0n) is 17.2. The summed E-state index contributed by atoms with van der Waals surface area (Å²) in [6, 6.07) is 19.4. The van der Waals surface area contributed by atoms with Gasteiger partial charge in [-0.2, -0.15) is 0 Å². The van der Waals surface area contributed by atoms with E-state index in [0.29, 0.717) is 22.8 Å². The highest BCUT2D eigenvalue weighted by atomic mass is 19.1. The smallest absolute Gasteiger partial charge is 0.343 e. The number of ether oxygens (including phenoxy) is 3. The number of benzene rings is 3. The molecule has 3 aromatic carbocycles. The van der Waals surface area contributed by atoms with Crippen LogP contribution in [-0.4, -0.2) is 13.1 Å². The molecule has 0 aliphatic carbocycles. The number of cyclic esters (lactones) is 1. The predicted molar refractivity (Wildman–Crippen MR) is 117 cm³/mol. The summed E-state index contributed by atoms with van der Waals surface area (Å²) in [5.74, 6) is 0.856. The van der Waals surface area contributed by atoms with Crippen molar-refractivity contribution in [3.63, 3.8) is 0 Å². The van der Waals surface area contributed by atoms with Gasteiger partial charge in [-0.05, 0) is 54.5 Å². The molecule has 1 heterocycles. The van der Waals surface area contributed by atoms with Gasteiger partial charge in [-0.15, -0.1) is 0 Å². The molecule has 4 nitrogen and oxygen atoms in total. The van der Waals surface area contributed by atoms with E-state index in [1.807, 2.05) is 37.3 Å². The molecule has 4 rings (SSSR count). The Morgan fingerprint density at radius 3 is 2.55 bits per heavy atom. The van der Waals surface area contributed by atoms with E-state index < -0.39 is 5.97 Å². The first-order valence-corrected chi connectivity index (χ1v) is 9.80. The third-order valence-corrected chi connectivity index (χ3v) is 4.85. The van der Waals surface area contributed by atoms with Crippen LogP contribution in [-0.2, 0) is 16.1 Å². The standard InChI is InChI=1S/C26H21FO4/c1-17-6-9-20(10-7-17)24-15-21(26(28)31-24)12-18-8-11-23(25(14-18)29-2)30-16-19-4-3-5-22(27)13-19/h3-15H,16H2,1-2H3/b21-12+. The zero-order chi connectivity index (χ0) is 21.8. The van der Waals surface area contributed by atoms with Crippen LogP contribution in [0, 0.1) is 12.7 Å². The van der Waals surface area contributed by atoms with Crippen LogP contribution in [0.4, 0.5) is 4.39 Å². The van der Waals surface area contributed by atoms with Crippen LogP contribution >= 0.6 is 0 Å². The largest absolute Gasteiger partial charge is 0.493 e. The van der Waals surface area contributed by atoms with Crippen molar-refractivity contribution in [3.05, 3.63) is 106 Å². The number of rotatable bonds is 6. The van der Waals surface area contributed by atoms with Gasteiger partial charge < -0.3 is 14.2 Å². The van der Waals surface area contributed by atoms with Crippen LogP contribution < -0.4 is 9.47 Å². The Hall–Kier alpha value is -3.86. The second-order valence-corrected chi connectivity index (χ2v) is 7.19. The average molecular weight is 416 g/mol. The van der Waals surface area contributed by atoms with Gasteiger partial charge in [0.05, 0.1) is 12.7 Å². The fourth-order valence-electron chi connectivity index (χ4n) is 3.21. The minimum atomic E-state index is -0.402. The molecule has 0 radical (unpaired) electrons. The Bertz CT molecular complexity index is 1180. The second kappa shape index (κ2) is 8.88. The van der Waals surface area contributed by atoms with Crippen molar-refractivity contribution in [2.24, 2.45) is 0 Å². The van der Waals surface area contributed by atoms with Gasteiger partial charge in [-0.1, -0.05) is 48.0 Å². The maximum absolute atomic E-state index is 13.3. The fraction of sp³-hybridized carbons (Fsp3) is 0.115. The monoisotopic (exact) mass is 416 g/mol. The van der Waals surface area contributed by atoms with Crippen LogP contribution in [0.15, 0.2) is 78.4 Å². The fourth-order valence-corrected chi connectivity index (χ4v) is 3.21. The molecule has 1 aliphatic rings. The molecule has 5 heteroatoms. The summed E-state index contributed by atoms with van der Waals surface area (Å²) in [4.78, 5) is 12.3. The molecule has 31 heavy (non-hydrogen) atoms. The number of hydrogen-bond donors (Lipinski definition) is 0. The topological polar surface area (TPSA) is 44.8 Å². The van der Waals surface area contributed by atoms with Crippen molar-refractivity contribution < 1.29 is 23.4 Å². The van der Waals surface area contributed by atoms with Gasteiger partial charge in [0.25, 0.3) is 0 Å². The molecular formula is C26H21FO4. The molecule has 0 amide bonds. The highest BCUT2D eigenvalue weighted by Gasteiger charge is 2.22. The van der Waals surface area contributed by atoms with Gasteiger partial charge in [0.1, 0.15) is 18.2 Å². The molecule has 0 saturated heterocycles. The molecule has 0 unspecified atom stereocenters. The minimum absolute atomic E-state index is 0.212. The van der Waals surface area contributed by atoms with Crippen LogP contribution in [0.25, 0.3) is 11.8 Å². The van der Waals surface area contributed by atoms with E-state index >= 15 is 0 Å². The Balaban J connectivity index is 1.53. The van der Waals surface area contributed by atoms with Gasteiger partial charge in [0.15, 0.2) is 11.5 Å². The van der Waals surface area contributed by atoms with Crippen molar-refractivity contribution in [3.8, 4) is 11.5 Å². The minimum Gasteiger partial charge on any atom is -0.493 e. The predicted octanol–water partition coefficient (Wildman–Crippen LogP) is 5.70. The summed E-state index contributed by atoms with van der Waals surface area (Å²) in [6.07, 6.45) is 3.47. The number of carbonyl (C=O) groups excluding carboxylic acids is 1. The number of esters is 1. The number of methoxy groups -OCH3 is 1. The van der Waals surface area contributed by atoms with E-state index in [4.69, 9.17) is 14.2 Å². The zero-order valence-corrected chi connectivity index (χ0v) is 17.2. The average Bonchev–Trinajstić information content (AvgIpc) is 3.13. The van der Waals surface area contributed by atoms with Crippen molar-refractivity contribution in [2.75, 3.05) is 7.11 Å². The van der Waals surface area contributed by atoms with E-state index in [-0.39, 0.29) is 12.4 Å². The highest BCUT2D eigenvalue weighted by molar-refractivity contribution is 6.05. The number of aryl methyl sites for hydroxylation is 1. The summed E-state index contributed by atoms with van der Waals surface area (Å²) in [7, 11) is 1.54. The highest BCUT2D eigenvalue weighted by Crippen LogP contribution is 2.32. The SMILES string of the molecule is COc1cc(/C=C2\C=C(c3ccc(C)cc3)OC2=O)ccc1OCc1cccc(F)c1. The van der Waals surface area contributed by atoms with Gasteiger partial charge >= 0.3 is 5.97 Å². The molecule has 3 aromatic rings. The Kier molecular flexibility index (Phi) is 5.85. The molecule has 0 saturated carbocycles. The molecular weight excluding hydrogens is 395 g/mol. The Morgan fingerprint density at radius 2 is 1.81 bits per heavy atom. The second-order valence-electron chi connectivity index (χ2n) is 7.19. The van der Waals surface area contributed by atoms with Crippen LogP contribution in [0.3, 0.4) is 0 Å². The first-order chi connectivity index (χ1) is 15.0. The number of hydrogen-bond acceptors (Lipinski definition) is 4. The Morgan fingerprint density at radius 1 is 1.00 bits per heavy atom. The van der Waals surface area contributed by atoms with Gasteiger partial charge in [-0.25, -0.2) is 9.18 Å². The lowest BCUT2D eigenvalue weighted by Gasteiger charge is -2.11. The summed E-state index contributed by atoms with van der Waals surface area (Å²) in [5, 5.41) is 0. The number of halogens is 1. The van der Waals surface area contributed by atoms with E-state index in [9.17, 15) is 9.18 Å². The molecule has 0 bridgehead atoms. The van der Waals surface area contributed by atoms with Crippen molar-refractivity contribution in [2.45, 2.75) is 13.5 Å². The molecule has 0 N–H and O–H groups in total. The van der Waals surface area contributed by atoms with Crippen molar-refractivity contribution in [1.82, 2.24) is 0 Å². The van der Waals surface area contributed by atoms with E-state index in [1.54, 1.807) is 43.5 Å². The van der Waals surface area contributed by atoms with Crippen molar-refractivity contribution in [1.29, 1.82) is 0 Å². The Labute approximate surface area is 180 Å². The lowest BCUT2D eigenvalue weighted by Crippen LogP contribution is -1.99. The molecule has 0 spiro atoms. The van der Waals surface area contributed by atoms with E-state index in [1.165, 1.54) is 12.1 Å². The van der Waals surface area contributed by atoms with E-state index in [2.05, 4.69) is 0 Å². The summed E-state index contributed by atoms with van der Waals surface area (Å²) >= 11 is 0. The van der Waals surface area contributed by atoms with E-state index in [0.717, 1.165) is 22.3 Å². The molecule has 0 fully saturated rings. The van der Waals surface area contributed by atoms with Crippen molar-refractivity contribution >= 4 is 17.8 Å². The maximum Gasteiger partial charge on any atom is 0.343 e. The summed E-state index contributed by atoms with van der Waals surface area (Å²) in [5.41, 5.74) is 3.92. The normalized spacial score (nSPS) is 14.4. The first-order valence-electron chi connectivity index (χ1n) is 9.80. The lowest BCUT2D eigenvalue weighted by molar-refractivity contribution is -0.130. The molecule has 0 atom stereocenters. The molecule has 0 aromatic heterocycles. The molecule has 156 valence electrons. The van der Waals surface area contributed by atoms with Gasteiger partial charge in [-0.3, -0.25) is 0 Å². The summed E-state index contributed by atoms with van der Waals surface area (Å²) in [6.45, 7) is 2.21. The maximum atomic E-state index is 13.3. The quantitative estimate of drug-likeness (QED) is 0.382. The van der Waals surface area contributed by atoms with Gasteiger partial charge in [0.2, 0.25) is 0 Å². The lowest BCUT2D eigenvalue weighted by atomic mass is 10.1. The van der Waals surface area contributed by atoms with Crippen LogP contribution in [0.1, 0.15) is 22.3 Å². The first kappa shape index (κ1) is 20.4. The van der Waals surface area contributed by atoms with Crippen LogP contribution in [0.2, 0.25) is 0 Å². The third kappa shape index (κ3) is 4.83. The molecule has 1 aliphatic heterocycles. The van der Waals surface area contributed by atoms with Gasteiger partial charge in [0, 0.05) is 5.56 Å². The summed E-state index contributed by atoms with van der Waals surface area (Å²) < 4.78 is 30.0. The third-order valence-electron chi connectivity index (χ3n) is 4.85. The number of carbonyl (C=O) groups is 1.